The van der Waals surface area contributed by atoms with Crippen LogP contribution < -0.4 is 5.73 Å². The lowest BCUT2D eigenvalue weighted by Gasteiger charge is -2.39. The molecule has 9 heteroatoms. The SMILES string of the molecule is CSCCn1cc(-c2nc(C3(c4ccc(-c5cnc(N)nc5)cc4)CCC3)no2)cn1. The minimum Gasteiger partial charge on any atom is -0.368 e. The lowest BCUT2D eigenvalue weighted by molar-refractivity contribution is 0.273. The summed E-state index contributed by atoms with van der Waals surface area (Å²) in [6, 6.07) is 8.45. The van der Waals surface area contributed by atoms with E-state index in [1.807, 2.05) is 10.9 Å². The Labute approximate surface area is 184 Å². The Morgan fingerprint density at radius 3 is 2.52 bits per heavy atom. The van der Waals surface area contributed by atoms with Gasteiger partial charge < -0.3 is 10.3 Å². The molecule has 1 aromatic carbocycles. The number of nitrogens with two attached hydrogens (primary N) is 1. The molecular formula is C22H23N7OS. The third-order valence-corrected chi connectivity index (χ3v) is 6.50. The number of nitrogens with zero attached hydrogens (tertiary/aromatic N) is 6. The zero-order valence-electron chi connectivity index (χ0n) is 17.2. The normalized spacial score (nSPS) is 15.0. The molecule has 0 amide bonds. The summed E-state index contributed by atoms with van der Waals surface area (Å²) in [7, 11) is 0. The average molecular weight is 434 g/mol. The fraction of sp³-hybridized carbons (Fsp3) is 0.318. The van der Waals surface area contributed by atoms with Gasteiger partial charge in [-0.15, -0.1) is 0 Å². The standard InChI is InChI=1S/C22H23N7OS/c1-31-10-9-29-14-17(13-26-29)19-27-20(28-30-19)22(7-2-8-22)18-5-3-15(4-6-18)16-11-24-21(23)25-12-16/h3-6,11-14H,2,7-10H2,1H3,(H2,23,24,25). The van der Waals surface area contributed by atoms with Gasteiger partial charge in [0.05, 0.1) is 17.2 Å². The Balaban J connectivity index is 1.40. The molecule has 0 radical (unpaired) electrons. The summed E-state index contributed by atoms with van der Waals surface area (Å²) in [5.41, 5.74) is 9.42. The first-order valence-electron chi connectivity index (χ1n) is 10.2. The number of nitrogen functional groups attached to an aromatic ring is 1. The summed E-state index contributed by atoms with van der Waals surface area (Å²) in [5, 5.41) is 8.76. The highest BCUT2D eigenvalue weighted by Crippen LogP contribution is 2.48. The number of aromatic nitrogens is 6. The first-order chi connectivity index (χ1) is 15.2. The van der Waals surface area contributed by atoms with E-state index < -0.39 is 0 Å². The first kappa shape index (κ1) is 19.7. The predicted molar refractivity (Wildman–Crippen MR) is 120 cm³/mol. The smallest absolute Gasteiger partial charge is 0.261 e. The maximum Gasteiger partial charge on any atom is 0.261 e. The van der Waals surface area contributed by atoms with Crippen molar-refractivity contribution in [1.29, 1.82) is 0 Å². The second-order valence-electron chi connectivity index (χ2n) is 7.75. The molecular weight excluding hydrogens is 410 g/mol. The van der Waals surface area contributed by atoms with Gasteiger partial charge in [0.15, 0.2) is 5.82 Å². The maximum atomic E-state index is 5.63. The molecule has 1 saturated carbocycles. The van der Waals surface area contributed by atoms with Gasteiger partial charge in [-0.2, -0.15) is 21.8 Å². The number of hydrogen-bond donors (Lipinski definition) is 1. The van der Waals surface area contributed by atoms with Gasteiger partial charge in [0.2, 0.25) is 5.95 Å². The fourth-order valence-electron chi connectivity index (χ4n) is 3.96. The topological polar surface area (TPSA) is 109 Å². The number of rotatable bonds is 7. The molecule has 2 N–H and O–H groups in total. The molecule has 158 valence electrons. The highest BCUT2D eigenvalue weighted by molar-refractivity contribution is 7.98. The average Bonchev–Trinajstić information content (AvgIpc) is 3.43. The molecule has 3 heterocycles. The van der Waals surface area contributed by atoms with Crippen molar-refractivity contribution < 1.29 is 4.52 Å². The van der Waals surface area contributed by atoms with Gasteiger partial charge in [-0.25, -0.2) is 9.97 Å². The van der Waals surface area contributed by atoms with Crippen molar-refractivity contribution in [3.8, 4) is 22.6 Å². The van der Waals surface area contributed by atoms with Crippen LogP contribution in [0.15, 0.2) is 53.6 Å². The second-order valence-corrected chi connectivity index (χ2v) is 8.74. The molecule has 1 aliphatic rings. The number of anilines is 1. The maximum absolute atomic E-state index is 5.63. The Kier molecular flexibility index (Phi) is 5.19. The minimum absolute atomic E-state index is 0.202. The van der Waals surface area contributed by atoms with Crippen molar-refractivity contribution in [3.63, 3.8) is 0 Å². The van der Waals surface area contributed by atoms with Crippen LogP contribution >= 0.6 is 11.8 Å². The van der Waals surface area contributed by atoms with Crippen LogP contribution in [0.3, 0.4) is 0 Å². The quantitative estimate of drug-likeness (QED) is 0.469. The van der Waals surface area contributed by atoms with Gasteiger partial charge in [0.1, 0.15) is 0 Å². The van der Waals surface area contributed by atoms with Gasteiger partial charge in [0.25, 0.3) is 5.89 Å². The fourth-order valence-corrected chi connectivity index (χ4v) is 4.33. The number of benzene rings is 1. The molecule has 0 unspecified atom stereocenters. The molecule has 1 aliphatic carbocycles. The summed E-state index contributed by atoms with van der Waals surface area (Å²) in [6.45, 7) is 0.859. The largest absolute Gasteiger partial charge is 0.368 e. The van der Waals surface area contributed by atoms with E-state index in [0.717, 1.165) is 54.1 Å². The van der Waals surface area contributed by atoms with E-state index in [1.54, 1.807) is 30.4 Å². The highest BCUT2D eigenvalue weighted by Gasteiger charge is 2.44. The molecule has 0 aliphatic heterocycles. The zero-order valence-corrected chi connectivity index (χ0v) is 18.0. The van der Waals surface area contributed by atoms with Crippen LogP contribution in [-0.2, 0) is 12.0 Å². The molecule has 4 aromatic rings. The number of hydrogen-bond acceptors (Lipinski definition) is 8. The number of aryl methyl sites for hydroxylation is 1. The molecule has 0 atom stereocenters. The predicted octanol–water partition coefficient (Wildman–Crippen LogP) is 3.81. The number of thioether (sulfide) groups is 1. The lowest BCUT2D eigenvalue weighted by Crippen LogP contribution is -2.36. The highest BCUT2D eigenvalue weighted by atomic mass is 32.2. The van der Waals surface area contributed by atoms with Crippen molar-refractivity contribution in [2.45, 2.75) is 31.2 Å². The van der Waals surface area contributed by atoms with Crippen molar-refractivity contribution in [3.05, 3.63) is 60.4 Å². The molecule has 5 rings (SSSR count). The second kappa shape index (κ2) is 8.14. The van der Waals surface area contributed by atoms with E-state index in [1.165, 1.54) is 5.56 Å². The van der Waals surface area contributed by atoms with E-state index in [4.69, 9.17) is 15.2 Å². The van der Waals surface area contributed by atoms with Crippen molar-refractivity contribution in [2.24, 2.45) is 0 Å². The van der Waals surface area contributed by atoms with Crippen LogP contribution in [0, 0.1) is 0 Å². The first-order valence-corrected chi connectivity index (χ1v) is 11.6. The molecule has 31 heavy (non-hydrogen) atoms. The Bertz CT molecular complexity index is 1160. The summed E-state index contributed by atoms with van der Waals surface area (Å²) in [5.74, 6) is 2.55. The van der Waals surface area contributed by atoms with E-state index in [0.29, 0.717) is 5.89 Å². The van der Waals surface area contributed by atoms with Gasteiger partial charge in [0, 0.05) is 36.5 Å². The van der Waals surface area contributed by atoms with Gasteiger partial charge in [-0.1, -0.05) is 35.8 Å². The minimum atomic E-state index is -0.202. The molecule has 8 nitrogen and oxygen atoms in total. The lowest BCUT2D eigenvalue weighted by atomic mass is 9.64. The van der Waals surface area contributed by atoms with Crippen LogP contribution in [0.4, 0.5) is 5.95 Å². The van der Waals surface area contributed by atoms with Crippen molar-refractivity contribution in [2.75, 3.05) is 17.7 Å². The van der Waals surface area contributed by atoms with Crippen LogP contribution in [0.25, 0.3) is 22.6 Å². The summed E-state index contributed by atoms with van der Waals surface area (Å²) in [6.07, 6.45) is 12.5. The summed E-state index contributed by atoms with van der Waals surface area (Å²) in [4.78, 5) is 12.9. The van der Waals surface area contributed by atoms with Crippen LogP contribution in [0.2, 0.25) is 0 Å². The zero-order chi connectivity index (χ0) is 21.3. The van der Waals surface area contributed by atoms with Crippen LogP contribution in [0.5, 0.6) is 0 Å². The third kappa shape index (κ3) is 3.69. The van der Waals surface area contributed by atoms with E-state index in [2.05, 4.69) is 50.7 Å². The molecule has 0 bridgehead atoms. The monoisotopic (exact) mass is 433 g/mol. The molecule has 1 fully saturated rings. The third-order valence-electron chi connectivity index (χ3n) is 5.91. The van der Waals surface area contributed by atoms with Gasteiger partial charge in [-0.05, 0) is 30.2 Å². The molecule has 0 saturated heterocycles. The van der Waals surface area contributed by atoms with Crippen molar-refractivity contribution in [1.82, 2.24) is 29.9 Å². The van der Waals surface area contributed by atoms with Crippen LogP contribution in [0.1, 0.15) is 30.7 Å². The molecule has 3 aromatic heterocycles. The van der Waals surface area contributed by atoms with Gasteiger partial charge in [-0.3, -0.25) is 4.68 Å². The Morgan fingerprint density at radius 2 is 1.84 bits per heavy atom. The van der Waals surface area contributed by atoms with E-state index in [-0.39, 0.29) is 11.4 Å². The summed E-state index contributed by atoms with van der Waals surface area (Å²) >= 11 is 1.79. The Hall–Kier alpha value is -3.20. The van der Waals surface area contributed by atoms with E-state index >= 15 is 0 Å². The van der Waals surface area contributed by atoms with Crippen molar-refractivity contribution >= 4 is 17.7 Å². The molecule has 0 spiro atoms. The van der Waals surface area contributed by atoms with Gasteiger partial charge >= 0.3 is 0 Å². The summed E-state index contributed by atoms with van der Waals surface area (Å²) < 4.78 is 7.54. The Morgan fingerprint density at radius 1 is 1.06 bits per heavy atom. The van der Waals surface area contributed by atoms with Crippen LogP contribution in [-0.4, -0.2) is 41.9 Å². The van der Waals surface area contributed by atoms with E-state index in [9.17, 15) is 0 Å².